The summed E-state index contributed by atoms with van der Waals surface area (Å²) in [5.41, 5.74) is 0.996. The lowest BCUT2D eigenvalue weighted by atomic mass is 10.1. The van der Waals surface area contributed by atoms with Gasteiger partial charge in [0.15, 0.2) is 17.5 Å². The van der Waals surface area contributed by atoms with Crippen molar-refractivity contribution in [1.82, 2.24) is 0 Å². The zero-order valence-corrected chi connectivity index (χ0v) is 8.23. The van der Waals surface area contributed by atoms with Crippen LogP contribution in [0.4, 0.5) is 13.2 Å². The summed E-state index contributed by atoms with van der Waals surface area (Å²) in [6.45, 7) is 1.93. The zero-order chi connectivity index (χ0) is 11.0. The summed E-state index contributed by atoms with van der Waals surface area (Å²) in [4.78, 5) is 4.23. The largest absolute Gasteiger partial charge is 0.286 e. The van der Waals surface area contributed by atoms with Gasteiger partial charge in [-0.25, -0.2) is 13.2 Å². The normalized spacial score (nSPS) is 20.5. The van der Waals surface area contributed by atoms with Gasteiger partial charge in [-0.15, -0.1) is 0 Å². The molecule has 1 aliphatic heterocycles. The van der Waals surface area contributed by atoms with Gasteiger partial charge in [0.1, 0.15) is 0 Å². The summed E-state index contributed by atoms with van der Waals surface area (Å²) in [6, 6.07) is 2.17. The van der Waals surface area contributed by atoms with Gasteiger partial charge in [0.05, 0.1) is 0 Å². The Balaban J connectivity index is 2.42. The van der Waals surface area contributed by atoms with E-state index in [4.69, 9.17) is 0 Å². The van der Waals surface area contributed by atoms with Crippen molar-refractivity contribution in [2.24, 2.45) is 4.99 Å². The van der Waals surface area contributed by atoms with E-state index < -0.39 is 17.5 Å². The number of benzene rings is 1. The second-order valence-electron chi connectivity index (χ2n) is 3.72. The van der Waals surface area contributed by atoms with E-state index in [0.29, 0.717) is 17.7 Å². The van der Waals surface area contributed by atoms with Crippen molar-refractivity contribution in [3.05, 3.63) is 35.1 Å². The van der Waals surface area contributed by atoms with E-state index in [1.807, 2.05) is 6.92 Å². The van der Waals surface area contributed by atoms with Crippen LogP contribution < -0.4 is 0 Å². The standard InChI is InChI=1S/C11H10F3N/c1-6-2-3-10(15-6)7-4-8(12)11(14)9(13)5-7/h4-6H,2-3H2,1H3. The van der Waals surface area contributed by atoms with Gasteiger partial charge in [0.25, 0.3) is 0 Å². The smallest absolute Gasteiger partial charge is 0.194 e. The molecule has 1 unspecified atom stereocenters. The van der Waals surface area contributed by atoms with Crippen LogP contribution in [0.15, 0.2) is 17.1 Å². The average Bonchev–Trinajstić information content (AvgIpc) is 2.60. The fraction of sp³-hybridized carbons (Fsp3) is 0.364. The van der Waals surface area contributed by atoms with E-state index in [0.717, 1.165) is 18.6 Å². The molecule has 0 amide bonds. The van der Waals surface area contributed by atoms with Crippen LogP contribution in [0.2, 0.25) is 0 Å². The van der Waals surface area contributed by atoms with Crippen molar-refractivity contribution in [3.8, 4) is 0 Å². The predicted octanol–water partition coefficient (Wildman–Crippen LogP) is 3.08. The zero-order valence-electron chi connectivity index (χ0n) is 8.23. The van der Waals surface area contributed by atoms with Crippen LogP contribution in [-0.4, -0.2) is 11.8 Å². The highest BCUT2D eigenvalue weighted by Gasteiger charge is 2.18. The molecule has 0 spiro atoms. The van der Waals surface area contributed by atoms with Crippen molar-refractivity contribution in [3.63, 3.8) is 0 Å². The van der Waals surface area contributed by atoms with E-state index in [1.165, 1.54) is 0 Å². The summed E-state index contributed by atoms with van der Waals surface area (Å²) in [7, 11) is 0. The molecule has 0 fully saturated rings. The van der Waals surface area contributed by atoms with E-state index in [9.17, 15) is 13.2 Å². The molecule has 0 saturated heterocycles. The molecule has 0 bridgehead atoms. The number of aliphatic imine (C=N–C) groups is 1. The lowest BCUT2D eigenvalue weighted by molar-refractivity contribution is 0.447. The van der Waals surface area contributed by atoms with Gasteiger partial charge in [-0.2, -0.15) is 0 Å². The third kappa shape index (κ3) is 1.89. The van der Waals surface area contributed by atoms with Crippen molar-refractivity contribution in [2.75, 3.05) is 0 Å². The van der Waals surface area contributed by atoms with Crippen LogP contribution in [0.3, 0.4) is 0 Å². The Morgan fingerprint density at radius 3 is 2.27 bits per heavy atom. The SMILES string of the molecule is CC1CCC(c2cc(F)c(F)c(F)c2)=N1. The Morgan fingerprint density at radius 2 is 1.80 bits per heavy atom. The van der Waals surface area contributed by atoms with Crippen LogP contribution in [0, 0.1) is 17.5 Å². The monoisotopic (exact) mass is 213 g/mol. The number of hydrogen-bond acceptors (Lipinski definition) is 1. The topological polar surface area (TPSA) is 12.4 Å². The Morgan fingerprint density at radius 1 is 1.20 bits per heavy atom. The van der Waals surface area contributed by atoms with Crippen molar-refractivity contribution in [2.45, 2.75) is 25.8 Å². The van der Waals surface area contributed by atoms with Crippen molar-refractivity contribution >= 4 is 5.71 Å². The molecule has 1 nitrogen and oxygen atoms in total. The molecule has 80 valence electrons. The van der Waals surface area contributed by atoms with Gasteiger partial charge < -0.3 is 0 Å². The third-order valence-corrected chi connectivity index (χ3v) is 2.49. The van der Waals surface area contributed by atoms with Gasteiger partial charge in [-0.3, -0.25) is 4.99 Å². The van der Waals surface area contributed by atoms with E-state index >= 15 is 0 Å². The van der Waals surface area contributed by atoms with Crippen LogP contribution in [-0.2, 0) is 0 Å². The molecule has 2 rings (SSSR count). The molecule has 0 N–H and O–H groups in total. The Bertz CT molecular complexity index is 403. The van der Waals surface area contributed by atoms with Crippen LogP contribution in [0.25, 0.3) is 0 Å². The molecule has 0 radical (unpaired) electrons. The highest BCUT2D eigenvalue weighted by molar-refractivity contribution is 6.01. The molecule has 4 heteroatoms. The molecule has 1 aromatic carbocycles. The van der Waals surface area contributed by atoms with E-state index in [1.54, 1.807) is 0 Å². The minimum atomic E-state index is -1.43. The molecular weight excluding hydrogens is 203 g/mol. The molecule has 1 aliphatic rings. The molecule has 0 saturated carbocycles. The molecule has 15 heavy (non-hydrogen) atoms. The van der Waals surface area contributed by atoms with Crippen molar-refractivity contribution < 1.29 is 13.2 Å². The number of halogens is 3. The average molecular weight is 213 g/mol. The first-order chi connectivity index (χ1) is 7.08. The Hall–Kier alpha value is -1.32. The fourth-order valence-electron chi connectivity index (χ4n) is 1.68. The van der Waals surface area contributed by atoms with Gasteiger partial charge >= 0.3 is 0 Å². The lowest BCUT2D eigenvalue weighted by Gasteiger charge is -2.02. The van der Waals surface area contributed by atoms with Gasteiger partial charge in [-0.1, -0.05) is 0 Å². The molecule has 1 atom stereocenters. The minimum Gasteiger partial charge on any atom is -0.286 e. The summed E-state index contributed by atoms with van der Waals surface area (Å²) in [5.74, 6) is -3.75. The lowest BCUT2D eigenvalue weighted by Crippen LogP contribution is -2.01. The number of rotatable bonds is 1. The quantitative estimate of drug-likeness (QED) is 0.636. The first-order valence-electron chi connectivity index (χ1n) is 4.79. The number of hydrogen-bond donors (Lipinski definition) is 0. The Kier molecular flexibility index (Phi) is 2.50. The summed E-state index contributed by atoms with van der Waals surface area (Å²) in [6.07, 6.45) is 1.56. The molecular formula is C11H10F3N. The highest BCUT2D eigenvalue weighted by atomic mass is 19.2. The Labute approximate surface area is 85.6 Å². The summed E-state index contributed by atoms with van der Waals surface area (Å²) < 4.78 is 38.5. The fourth-order valence-corrected chi connectivity index (χ4v) is 1.68. The maximum absolute atomic E-state index is 12.9. The van der Waals surface area contributed by atoms with E-state index in [-0.39, 0.29) is 6.04 Å². The predicted molar refractivity (Wildman–Crippen MR) is 51.5 cm³/mol. The molecule has 1 aromatic rings. The first-order valence-corrected chi connectivity index (χ1v) is 4.79. The van der Waals surface area contributed by atoms with Gasteiger partial charge in [-0.05, 0) is 31.9 Å². The van der Waals surface area contributed by atoms with E-state index in [2.05, 4.69) is 4.99 Å². The van der Waals surface area contributed by atoms with Crippen LogP contribution >= 0.6 is 0 Å². The third-order valence-electron chi connectivity index (χ3n) is 2.49. The second kappa shape index (κ2) is 3.68. The van der Waals surface area contributed by atoms with Crippen LogP contribution in [0.1, 0.15) is 25.3 Å². The first kappa shape index (κ1) is 10.2. The second-order valence-corrected chi connectivity index (χ2v) is 3.72. The molecule has 0 aliphatic carbocycles. The maximum atomic E-state index is 12.9. The van der Waals surface area contributed by atoms with Gasteiger partial charge in [0, 0.05) is 17.3 Å². The van der Waals surface area contributed by atoms with Gasteiger partial charge in [0.2, 0.25) is 0 Å². The number of nitrogens with zero attached hydrogens (tertiary/aromatic N) is 1. The summed E-state index contributed by atoms with van der Waals surface area (Å²) >= 11 is 0. The minimum absolute atomic E-state index is 0.177. The van der Waals surface area contributed by atoms with Crippen LogP contribution in [0.5, 0.6) is 0 Å². The molecule has 1 heterocycles. The highest BCUT2D eigenvalue weighted by Crippen LogP contribution is 2.21. The van der Waals surface area contributed by atoms with Crippen molar-refractivity contribution in [1.29, 1.82) is 0 Å². The maximum Gasteiger partial charge on any atom is 0.194 e. The summed E-state index contributed by atoms with van der Waals surface area (Å²) in [5, 5.41) is 0. The molecule has 0 aromatic heterocycles.